The van der Waals surface area contributed by atoms with Gasteiger partial charge in [-0.3, -0.25) is 14.9 Å². The van der Waals surface area contributed by atoms with E-state index in [9.17, 15) is 20.0 Å². The summed E-state index contributed by atoms with van der Waals surface area (Å²) in [6.45, 7) is 0. The zero-order valence-corrected chi connectivity index (χ0v) is 9.89. The highest BCUT2D eigenvalue weighted by Crippen LogP contribution is 2.22. The molecule has 19 heavy (non-hydrogen) atoms. The normalized spacial score (nSPS) is 11.8. The zero-order chi connectivity index (χ0) is 13.8. The van der Waals surface area contributed by atoms with E-state index in [1.807, 2.05) is 0 Å². The van der Waals surface area contributed by atoms with Crippen LogP contribution in [0, 0.1) is 10.1 Å². The number of aliphatic hydroxyl groups excluding tert-OH is 1. The molecular formula is C14H11NO4. The van der Waals surface area contributed by atoms with Gasteiger partial charge >= 0.3 is 0 Å². The summed E-state index contributed by atoms with van der Waals surface area (Å²) in [6.07, 6.45) is -1.40. The third-order valence-corrected chi connectivity index (χ3v) is 2.70. The number of Topliss-reactive ketones (excluding diaryl/α,β-unsaturated/α-hetero) is 1. The van der Waals surface area contributed by atoms with E-state index < -0.39 is 16.8 Å². The summed E-state index contributed by atoms with van der Waals surface area (Å²) in [5.74, 6) is -0.485. The van der Waals surface area contributed by atoms with E-state index in [2.05, 4.69) is 0 Å². The summed E-state index contributed by atoms with van der Waals surface area (Å²) in [6, 6.07) is 13.7. The highest BCUT2D eigenvalue weighted by atomic mass is 16.6. The van der Waals surface area contributed by atoms with Crippen molar-refractivity contribution in [3.05, 3.63) is 75.8 Å². The van der Waals surface area contributed by atoms with Crippen molar-refractivity contribution in [2.45, 2.75) is 6.10 Å². The Bertz CT molecular complexity index is 610. The van der Waals surface area contributed by atoms with E-state index >= 15 is 0 Å². The van der Waals surface area contributed by atoms with Crippen LogP contribution in [-0.2, 0) is 0 Å². The van der Waals surface area contributed by atoms with Crippen LogP contribution >= 0.6 is 0 Å². The maximum atomic E-state index is 12.0. The largest absolute Gasteiger partial charge is 0.380 e. The lowest BCUT2D eigenvalue weighted by Crippen LogP contribution is -2.12. The second kappa shape index (κ2) is 5.41. The molecule has 0 fully saturated rings. The van der Waals surface area contributed by atoms with Gasteiger partial charge in [-0.1, -0.05) is 42.5 Å². The Morgan fingerprint density at radius 2 is 1.79 bits per heavy atom. The lowest BCUT2D eigenvalue weighted by atomic mass is 10.00. The quantitative estimate of drug-likeness (QED) is 0.518. The number of nitro benzene ring substituents is 1. The average molecular weight is 257 g/mol. The number of carbonyl (C=O) groups is 1. The van der Waals surface area contributed by atoms with Gasteiger partial charge in [-0.2, -0.15) is 0 Å². The number of aliphatic hydroxyl groups is 1. The van der Waals surface area contributed by atoms with Crippen LogP contribution in [0.5, 0.6) is 0 Å². The molecule has 1 N–H and O–H groups in total. The summed E-state index contributed by atoms with van der Waals surface area (Å²) in [7, 11) is 0. The molecule has 0 spiro atoms. The zero-order valence-electron chi connectivity index (χ0n) is 9.89. The monoisotopic (exact) mass is 257 g/mol. The minimum Gasteiger partial charge on any atom is -0.380 e. The van der Waals surface area contributed by atoms with Crippen molar-refractivity contribution in [3.8, 4) is 0 Å². The number of nitro groups is 1. The van der Waals surface area contributed by atoms with Crippen LogP contribution in [0.2, 0.25) is 0 Å². The Balaban J connectivity index is 2.29. The smallest absolute Gasteiger partial charge is 0.269 e. The SMILES string of the molecule is O=C(c1ccccc1)C(O)c1cccc([N+](=O)[O-])c1. The number of rotatable bonds is 4. The molecule has 0 bridgehead atoms. The minimum atomic E-state index is -1.40. The van der Waals surface area contributed by atoms with Crippen LogP contribution in [0.1, 0.15) is 22.0 Å². The molecule has 0 aliphatic rings. The van der Waals surface area contributed by atoms with Crippen molar-refractivity contribution >= 4 is 11.5 Å². The molecule has 0 heterocycles. The summed E-state index contributed by atoms with van der Waals surface area (Å²) in [5.41, 5.74) is 0.418. The van der Waals surface area contributed by atoms with E-state index in [1.165, 1.54) is 24.3 Å². The van der Waals surface area contributed by atoms with Crippen LogP contribution in [0.25, 0.3) is 0 Å². The Kier molecular flexibility index (Phi) is 3.68. The van der Waals surface area contributed by atoms with Gasteiger partial charge in [-0.15, -0.1) is 0 Å². The van der Waals surface area contributed by atoms with E-state index in [4.69, 9.17) is 0 Å². The van der Waals surface area contributed by atoms with Gasteiger partial charge in [0, 0.05) is 17.7 Å². The third-order valence-electron chi connectivity index (χ3n) is 2.70. The predicted molar refractivity (Wildman–Crippen MR) is 68.8 cm³/mol. The number of carbonyl (C=O) groups excluding carboxylic acids is 1. The Morgan fingerprint density at radius 1 is 1.11 bits per heavy atom. The maximum absolute atomic E-state index is 12.0. The second-order valence-electron chi connectivity index (χ2n) is 3.98. The molecule has 1 atom stereocenters. The fraction of sp³-hybridized carbons (Fsp3) is 0.0714. The van der Waals surface area contributed by atoms with E-state index in [-0.39, 0.29) is 11.3 Å². The number of benzene rings is 2. The summed E-state index contributed by atoms with van der Waals surface area (Å²) < 4.78 is 0. The molecule has 0 radical (unpaired) electrons. The van der Waals surface area contributed by atoms with Crippen LogP contribution in [0.15, 0.2) is 54.6 Å². The van der Waals surface area contributed by atoms with Crippen molar-refractivity contribution in [2.75, 3.05) is 0 Å². The van der Waals surface area contributed by atoms with E-state index in [0.717, 1.165) is 0 Å². The molecule has 2 rings (SSSR count). The van der Waals surface area contributed by atoms with Crippen molar-refractivity contribution in [3.63, 3.8) is 0 Å². The number of hydrogen-bond acceptors (Lipinski definition) is 4. The standard InChI is InChI=1S/C14H11NO4/c16-13(10-5-2-1-3-6-10)14(17)11-7-4-8-12(9-11)15(18)19/h1-9,14,17H. The summed E-state index contributed by atoms with van der Waals surface area (Å²) >= 11 is 0. The fourth-order valence-corrected chi connectivity index (χ4v) is 1.72. The van der Waals surface area contributed by atoms with Crippen molar-refractivity contribution in [1.29, 1.82) is 0 Å². The summed E-state index contributed by atoms with van der Waals surface area (Å²) in [4.78, 5) is 22.1. The molecule has 1 unspecified atom stereocenters. The first kappa shape index (κ1) is 12.9. The maximum Gasteiger partial charge on any atom is 0.269 e. The minimum absolute atomic E-state index is 0.155. The fourth-order valence-electron chi connectivity index (χ4n) is 1.72. The Morgan fingerprint density at radius 3 is 2.42 bits per heavy atom. The molecule has 5 nitrogen and oxygen atoms in total. The van der Waals surface area contributed by atoms with Gasteiger partial charge in [-0.25, -0.2) is 0 Å². The van der Waals surface area contributed by atoms with Gasteiger partial charge < -0.3 is 5.11 Å². The second-order valence-corrected chi connectivity index (χ2v) is 3.98. The molecule has 0 saturated heterocycles. The van der Waals surface area contributed by atoms with Crippen molar-refractivity contribution < 1.29 is 14.8 Å². The van der Waals surface area contributed by atoms with Gasteiger partial charge in [0.15, 0.2) is 5.78 Å². The average Bonchev–Trinajstić information content (AvgIpc) is 2.46. The highest BCUT2D eigenvalue weighted by Gasteiger charge is 2.20. The van der Waals surface area contributed by atoms with Crippen LogP contribution in [-0.4, -0.2) is 15.8 Å². The predicted octanol–water partition coefficient (Wildman–Crippen LogP) is 2.51. The highest BCUT2D eigenvalue weighted by molar-refractivity contribution is 5.99. The topological polar surface area (TPSA) is 80.4 Å². The van der Waals surface area contributed by atoms with Crippen LogP contribution < -0.4 is 0 Å². The van der Waals surface area contributed by atoms with E-state index in [1.54, 1.807) is 30.3 Å². The molecule has 0 aliphatic heterocycles. The summed E-state index contributed by atoms with van der Waals surface area (Å²) in [5, 5.41) is 20.6. The molecular weight excluding hydrogens is 246 g/mol. The van der Waals surface area contributed by atoms with Gasteiger partial charge in [0.25, 0.3) is 5.69 Å². The first-order chi connectivity index (χ1) is 9.09. The van der Waals surface area contributed by atoms with Crippen molar-refractivity contribution in [1.82, 2.24) is 0 Å². The van der Waals surface area contributed by atoms with Gasteiger partial charge in [0.05, 0.1) is 4.92 Å². The van der Waals surface area contributed by atoms with Crippen LogP contribution in [0.3, 0.4) is 0 Å². The molecule has 2 aromatic carbocycles. The molecule has 96 valence electrons. The van der Waals surface area contributed by atoms with Crippen molar-refractivity contribution in [2.24, 2.45) is 0 Å². The van der Waals surface area contributed by atoms with E-state index in [0.29, 0.717) is 5.56 Å². The van der Waals surface area contributed by atoms with Gasteiger partial charge in [0.1, 0.15) is 6.10 Å². The molecule has 2 aromatic rings. The van der Waals surface area contributed by atoms with Gasteiger partial charge in [-0.05, 0) is 5.56 Å². The lowest BCUT2D eigenvalue weighted by Gasteiger charge is -2.09. The number of nitrogens with zero attached hydrogens (tertiary/aromatic N) is 1. The number of non-ortho nitro benzene ring substituents is 1. The lowest BCUT2D eigenvalue weighted by molar-refractivity contribution is -0.385. The Labute approximate surface area is 109 Å². The van der Waals surface area contributed by atoms with Gasteiger partial charge in [0.2, 0.25) is 0 Å². The first-order valence-corrected chi connectivity index (χ1v) is 5.61. The molecule has 0 aromatic heterocycles. The Hall–Kier alpha value is -2.53. The molecule has 0 aliphatic carbocycles. The molecule has 0 saturated carbocycles. The molecule has 0 amide bonds. The number of hydrogen-bond donors (Lipinski definition) is 1. The van der Waals surface area contributed by atoms with Crippen LogP contribution in [0.4, 0.5) is 5.69 Å². The third kappa shape index (κ3) is 2.83. The number of ketones is 1. The molecule has 5 heteroatoms. The first-order valence-electron chi connectivity index (χ1n) is 5.61.